The summed E-state index contributed by atoms with van der Waals surface area (Å²) in [5, 5.41) is 3.69. The zero-order valence-corrected chi connectivity index (χ0v) is 13.4. The highest BCUT2D eigenvalue weighted by atomic mass is 32.2. The van der Waals surface area contributed by atoms with Crippen molar-refractivity contribution in [2.75, 3.05) is 5.75 Å². The van der Waals surface area contributed by atoms with E-state index < -0.39 is 11.7 Å². The summed E-state index contributed by atoms with van der Waals surface area (Å²) in [6.07, 6.45) is -2.95. The number of hydrazone groups is 1. The summed E-state index contributed by atoms with van der Waals surface area (Å²) in [7, 11) is 0. The van der Waals surface area contributed by atoms with Gasteiger partial charge in [-0.25, -0.2) is 5.43 Å². The van der Waals surface area contributed by atoms with Crippen molar-refractivity contribution in [1.29, 1.82) is 0 Å². The molecule has 0 radical (unpaired) electrons. The lowest BCUT2D eigenvalue weighted by molar-refractivity contribution is -0.137. The van der Waals surface area contributed by atoms with Gasteiger partial charge in [0.25, 0.3) is 0 Å². The van der Waals surface area contributed by atoms with Crippen molar-refractivity contribution in [2.24, 2.45) is 5.10 Å². The highest BCUT2D eigenvalue weighted by Gasteiger charge is 2.30. The lowest BCUT2D eigenvalue weighted by Gasteiger charge is -2.06. The van der Waals surface area contributed by atoms with Crippen LogP contribution in [0.2, 0.25) is 0 Å². The van der Waals surface area contributed by atoms with Gasteiger partial charge in [-0.2, -0.15) is 18.3 Å². The van der Waals surface area contributed by atoms with Crippen LogP contribution in [0, 0.1) is 0 Å². The molecule has 1 N–H and O–H groups in total. The number of nitrogens with one attached hydrogen (secondary N) is 1. The zero-order valence-electron chi connectivity index (χ0n) is 12.6. The number of halogens is 3. The van der Waals surface area contributed by atoms with Crippen LogP contribution >= 0.6 is 11.8 Å². The second-order valence-corrected chi connectivity index (χ2v) is 6.00. The number of hydrogen-bond donors (Lipinski definition) is 1. The maximum absolute atomic E-state index is 12.6. The molecule has 0 saturated heterocycles. The first-order chi connectivity index (χ1) is 11.4. The molecular formula is C17H15F3N2OS. The SMILES string of the molecule is O=C(CCSc1ccccc1)N/N=C\c1cccc(C(F)(F)F)c1. The molecule has 2 aromatic rings. The Bertz CT molecular complexity index is 702. The quantitative estimate of drug-likeness (QED) is 0.477. The third-order valence-corrected chi connectivity index (χ3v) is 3.97. The van der Waals surface area contributed by atoms with Gasteiger partial charge in [0.2, 0.25) is 5.91 Å². The lowest BCUT2D eigenvalue weighted by Crippen LogP contribution is -2.17. The van der Waals surface area contributed by atoms with E-state index in [1.807, 2.05) is 30.3 Å². The summed E-state index contributed by atoms with van der Waals surface area (Å²) >= 11 is 1.55. The van der Waals surface area contributed by atoms with Crippen LogP contribution in [0.3, 0.4) is 0 Å². The van der Waals surface area contributed by atoms with E-state index in [1.165, 1.54) is 18.3 Å². The molecule has 126 valence electrons. The highest BCUT2D eigenvalue weighted by Crippen LogP contribution is 2.29. The Morgan fingerprint density at radius 3 is 2.58 bits per heavy atom. The number of nitrogens with zero attached hydrogens (tertiary/aromatic N) is 1. The normalized spacial score (nSPS) is 11.6. The molecule has 1 amide bonds. The minimum Gasteiger partial charge on any atom is -0.273 e. The van der Waals surface area contributed by atoms with Crippen LogP contribution in [0.4, 0.5) is 13.2 Å². The standard InChI is InChI=1S/C17H15F3N2OS/c18-17(19,20)14-6-4-5-13(11-14)12-21-22-16(23)9-10-24-15-7-2-1-3-8-15/h1-8,11-12H,9-10H2,(H,22,23)/b21-12-. The van der Waals surface area contributed by atoms with E-state index in [2.05, 4.69) is 10.5 Å². The van der Waals surface area contributed by atoms with Gasteiger partial charge in [-0.05, 0) is 29.8 Å². The van der Waals surface area contributed by atoms with Crippen LogP contribution in [0.1, 0.15) is 17.5 Å². The average Bonchev–Trinajstić information content (AvgIpc) is 2.55. The molecule has 0 spiro atoms. The first-order valence-electron chi connectivity index (χ1n) is 7.12. The number of hydrogen-bond acceptors (Lipinski definition) is 3. The predicted molar refractivity (Wildman–Crippen MR) is 89.0 cm³/mol. The van der Waals surface area contributed by atoms with Gasteiger partial charge in [-0.1, -0.05) is 30.3 Å². The first-order valence-corrected chi connectivity index (χ1v) is 8.11. The van der Waals surface area contributed by atoms with E-state index in [0.717, 1.165) is 17.0 Å². The van der Waals surface area contributed by atoms with E-state index >= 15 is 0 Å². The van der Waals surface area contributed by atoms with Gasteiger partial charge in [-0.15, -0.1) is 11.8 Å². The van der Waals surface area contributed by atoms with Gasteiger partial charge in [0.15, 0.2) is 0 Å². The van der Waals surface area contributed by atoms with Crippen molar-refractivity contribution in [3.8, 4) is 0 Å². The second kappa shape index (κ2) is 8.54. The minimum atomic E-state index is -4.40. The molecule has 0 saturated carbocycles. The van der Waals surface area contributed by atoms with Crippen molar-refractivity contribution in [1.82, 2.24) is 5.43 Å². The fourth-order valence-corrected chi connectivity index (χ4v) is 2.68. The number of alkyl halides is 3. The number of amides is 1. The van der Waals surface area contributed by atoms with Crippen LogP contribution in [-0.2, 0) is 11.0 Å². The molecule has 24 heavy (non-hydrogen) atoms. The molecule has 0 fully saturated rings. The molecule has 7 heteroatoms. The summed E-state index contributed by atoms with van der Waals surface area (Å²) in [5.41, 5.74) is 1.83. The fraction of sp³-hybridized carbons (Fsp3) is 0.176. The van der Waals surface area contributed by atoms with E-state index in [0.29, 0.717) is 5.75 Å². The number of carbonyl (C=O) groups is 1. The Balaban J connectivity index is 1.78. The van der Waals surface area contributed by atoms with Gasteiger partial charge >= 0.3 is 6.18 Å². The summed E-state index contributed by atoms with van der Waals surface area (Å²) < 4.78 is 37.7. The van der Waals surface area contributed by atoms with Crippen LogP contribution in [0.15, 0.2) is 64.6 Å². The Hall–Kier alpha value is -2.28. The number of rotatable bonds is 6. The fourth-order valence-electron chi connectivity index (χ4n) is 1.81. The largest absolute Gasteiger partial charge is 0.416 e. The topological polar surface area (TPSA) is 41.5 Å². The number of carbonyl (C=O) groups excluding carboxylic acids is 1. The van der Waals surface area contributed by atoms with Gasteiger partial charge < -0.3 is 0 Å². The summed E-state index contributed by atoms with van der Waals surface area (Å²) in [5.74, 6) is 0.302. The van der Waals surface area contributed by atoms with E-state index in [4.69, 9.17) is 0 Å². The highest BCUT2D eigenvalue weighted by molar-refractivity contribution is 7.99. The summed E-state index contributed by atoms with van der Waals surface area (Å²) in [4.78, 5) is 12.7. The Morgan fingerprint density at radius 1 is 1.12 bits per heavy atom. The molecule has 0 aliphatic heterocycles. The maximum atomic E-state index is 12.6. The van der Waals surface area contributed by atoms with Crippen LogP contribution in [0.25, 0.3) is 0 Å². The maximum Gasteiger partial charge on any atom is 0.416 e. The minimum absolute atomic E-state index is 0.263. The third-order valence-electron chi connectivity index (χ3n) is 2.96. The van der Waals surface area contributed by atoms with Crippen LogP contribution < -0.4 is 5.43 Å². The van der Waals surface area contributed by atoms with Gasteiger partial charge in [0.1, 0.15) is 0 Å². The molecule has 0 aliphatic carbocycles. The van der Waals surface area contributed by atoms with Crippen molar-refractivity contribution >= 4 is 23.9 Å². The average molecular weight is 352 g/mol. The van der Waals surface area contributed by atoms with Crippen LogP contribution in [0.5, 0.6) is 0 Å². The monoisotopic (exact) mass is 352 g/mol. The molecule has 0 unspecified atom stereocenters. The number of benzene rings is 2. The van der Waals surface area contributed by atoms with Crippen LogP contribution in [-0.4, -0.2) is 17.9 Å². The third kappa shape index (κ3) is 6.08. The van der Waals surface area contributed by atoms with E-state index in [-0.39, 0.29) is 17.9 Å². The molecule has 0 aromatic heterocycles. The lowest BCUT2D eigenvalue weighted by atomic mass is 10.1. The Labute approximate surface area is 142 Å². The van der Waals surface area contributed by atoms with Crippen molar-refractivity contribution in [3.63, 3.8) is 0 Å². The Morgan fingerprint density at radius 2 is 1.88 bits per heavy atom. The number of thioether (sulfide) groups is 1. The summed E-state index contributed by atoms with van der Waals surface area (Å²) in [6.45, 7) is 0. The van der Waals surface area contributed by atoms with Crippen molar-refractivity contribution in [2.45, 2.75) is 17.5 Å². The summed E-state index contributed by atoms with van der Waals surface area (Å²) in [6, 6.07) is 14.4. The molecular weight excluding hydrogens is 337 g/mol. The van der Waals surface area contributed by atoms with Gasteiger partial charge in [0, 0.05) is 17.1 Å². The first kappa shape index (κ1) is 18.1. The molecule has 2 aromatic carbocycles. The van der Waals surface area contributed by atoms with Crippen molar-refractivity contribution < 1.29 is 18.0 Å². The predicted octanol–water partition coefficient (Wildman–Crippen LogP) is 4.34. The molecule has 3 nitrogen and oxygen atoms in total. The molecule has 0 heterocycles. The van der Waals surface area contributed by atoms with E-state index in [9.17, 15) is 18.0 Å². The zero-order chi connectivity index (χ0) is 17.4. The Kier molecular flexibility index (Phi) is 6.43. The second-order valence-electron chi connectivity index (χ2n) is 4.83. The molecule has 0 bridgehead atoms. The van der Waals surface area contributed by atoms with Crippen molar-refractivity contribution in [3.05, 3.63) is 65.7 Å². The van der Waals surface area contributed by atoms with E-state index in [1.54, 1.807) is 11.8 Å². The molecule has 0 atom stereocenters. The smallest absolute Gasteiger partial charge is 0.273 e. The molecule has 0 aliphatic rings. The van der Waals surface area contributed by atoms with Gasteiger partial charge in [0.05, 0.1) is 11.8 Å². The molecule has 2 rings (SSSR count). The van der Waals surface area contributed by atoms with Gasteiger partial charge in [-0.3, -0.25) is 4.79 Å².